The van der Waals surface area contributed by atoms with Gasteiger partial charge in [-0.1, -0.05) is 13.8 Å². The number of nitrogens with zero attached hydrogens (tertiary/aromatic N) is 2. The number of aliphatic hydroxyl groups excluding tert-OH is 1. The smallest absolute Gasteiger partial charge is 0.129 e. The second kappa shape index (κ2) is 5.88. The van der Waals surface area contributed by atoms with Gasteiger partial charge >= 0.3 is 0 Å². The molecule has 0 aromatic carbocycles. The average molecular weight is 264 g/mol. The molecule has 1 fully saturated rings. The molecule has 0 aliphatic carbocycles. The van der Waals surface area contributed by atoms with Crippen LogP contribution in [0.4, 0.5) is 5.82 Å². The van der Waals surface area contributed by atoms with Crippen LogP contribution in [0.3, 0.4) is 0 Å². The van der Waals surface area contributed by atoms with Crippen LogP contribution in [0.2, 0.25) is 0 Å². The highest BCUT2D eigenvalue weighted by Gasteiger charge is 2.23. The summed E-state index contributed by atoms with van der Waals surface area (Å²) in [6.07, 6.45) is 0.427. The van der Waals surface area contributed by atoms with E-state index in [1.807, 2.05) is 12.1 Å². The van der Waals surface area contributed by atoms with E-state index in [1.54, 1.807) is 0 Å². The fraction of sp³-hybridized carbons (Fsp3) is 0.667. The van der Waals surface area contributed by atoms with Crippen LogP contribution < -0.4 is 4.90 Å². The number of pyridine rings is 1. The molecule has 106 valence electrons. The van der Waals surface area contributed by atoms with E-state index in [0.29, 0.717) is 5.92 Å². The first-order valence-corrected chi connectivity index (χ1v) is 7.01. The molecule has 1 aliphatic heterocycles. The van der Waals surface area contributed by atoms with Gasteiger partial charge in [0.15, 0.2) is 0 Å². The molecule has 1 aromatic heterocycles. The predicted molar refractivity (Wildman–Crippen MR) is 76.5 cm³/mol. The predicted octanol–water partition coefficient (Wildman–Crippen LogP) is 2.31. The number of hydrogen-bond donors (Lipinski definition) is 1. The van der Waals surface area contributed by atoms with Gasteiger partial charge in [-0.05, 0) is 37.5 Å². The Bertz CT molecular complexity index is 424. The molecule has 2 heterocycles. The van der Waals surface area contributed by atoms with Crippen molar-refractivity contribution in [1.29, 1.82) is 0 Å². The SMILES string of the molecule is CC(C)c1cc(CO)cc(N2C[C@@H](C)O[C@@H](C)C2)n1. The Kier molecular flexibility index (Phi) is 4.42. The van der Waals surface area contributed by atoms with Crippen molar-refractivity contribution in [2.75, 3.05) is 18.0 Å². The molecule has 1 N–H and O–H groups in total. The topological polar surface area (TPSA) is 45.6 Å². The zero-order valence-electron chi connectivity index (χ0n) is 12.3. The van der Waals surface area contributed by atoms with Crippen LogP contribution in [0.25, 0.3) is 0 Å². The van der Waals surface area contributed by atoms with Crippen molar-refractivity contribution in [3.8, 4) is 0 Å². The third-order valence-corrected chi connectivity index (χ3v) is 3.41. The van der Waals surface area contributed by atoms with Crippen LogP contribution >= 0.6 is 0 Å². The van der Waals surface area contributed by atoms with E-state index in [4.69, 9.17) is 9.72 Å². The minimum atomic E-state index is 0.0602. The number of ether oxygens (including phenoxy) is 1. The number of hydrogen-bond acceptors (Lipinski definition) is 4. The highest BCUT2D eigenvalue weighted by Crippen LogP contribution is 2.23. The van der Waals surface area contributed by atoms with Crippen molar-refractivity contribution >= 4 is 5.82 Å². The Labute approximate surface area is 115 Å². The number of anilines is 1. The fourth-order valence-electron chi connectivity index (χ4n) is 2.51. The van der Waals surface area contributed by atoms with Crippen molar-refractivity contribution in [3.05, 3.63) is 23.4 Å². The van der Waals surface area contributed by atoms with Crippen LogP contribution in [0.5, 0.6) is 0 Å². The number of morpholine rings is 1. The van der Waals surface area contributed by atoms with Crippen LogP contribution in [0.15, 0.2) is 12.1 Å². The molecular formula is C15H24N2O2. The van der Waals surface area contributed by atoms with E-state index >= 15 is 0 Å². The van der Waals surface area contributed by atoms with Crippen LogP contribution in [0, 0.1) is 0 Å². The fourth-order valence-corrected chi connectivity index (χ4v) is 2.51. The highest BCUT2D eigenvalue weighted by molar-refractivity contribution is 5.44. The van der Waals surface area contributed by atoms with E-state index in [0.717, 1.165) is 30.2 Å². The molecule has 1 saturated heterocycles. The average Bonchev–Trinajstić information content (AvgIpc) is 2.37. The van der Waals surface area contributed by atoms with Gasteiger partial charge in [-0.2, -0.15) is 0 Å². The third-order valence-electron chi connectivity index (χ3n) is 3.41. The molecule has 1 aromatic rings. The summed E-state index contributed by atoms with van der Waals surface area (Å²) in [4.78, 5) is 6.99. The Morgan fingerprint density at radius 3 is 2.47 bits per heavy atom. The summed E-state index contributed by atoms with van der Waals surface area (Å²) in [5, 5.41) is 9.40. The molecule has 2 rings (SSSR count). The zero-order valence-corrected chi connectivity index (χ0v) is 12.3. The van der Waals surface area contributed by atoms with E-state index in [9.17, 15) is 5.11 Å². The molecule has 0 radical (unpaired) electrons. The Hall–Kier alpha value is -1.13. The van der Waals surface area contributed by atoms with Crippen molar-refractivity contribution in [2.45, 2.75) is 52.4 Å². The molecule has 4 heteroatoms. The van der Waals surface area contributed by atoms with Crippen LogP contribution in [0.1, 0.15) is 44.9 Å². The van der Waals surface area contributed by atoms with E-state index in [1.165, 1.54) is 0 Å². The van der Waals surface area contributed by atoms with Crippen LogP contribution in [-0.2, 0) is 11.3 Å². The van der Waals surface area contributed by atoms with E-state index < -0.39 is 0 Å². The zero-order chi connectivity index (χ0) is 14.0. The Balaban J connectivity index is 2.30. The minimum absolute atomic E-state index is 0.0602. The maximum atomic E-state index is 9.40. The molecule has 0 saturated carbocycles. The maximum Gasteiger partial charge on any atom is 0.129 e. The van der Waals surface area contributed by atoms with Crippen LogP contribution in [-0.4, -0.2) is 35.4 Å². The first-order valence-electron chi connectivity index (χ1n) is 7.01. The van der Waals surface area contributed by atoms with Gasteiger partial charge in [0, 0.05) is 18.8 Å². The maximum absolute atomic E-state index is 9.40. The van der Waals surface area contributed by atoms with Gasteiger partial charge in [-0.25, -0.2) is 4.98 Å². The molecular weight excluding hydrogens is 240 g/mol. The first-order chi connectivity index (χ1) is 8.99. The van der Waals surface area contributed by atoms with Gasteiger partial charge in [0.05, 0.1) is 18.8 Å². The second-order valence-corrected chi connectivity index (χ2v) is 5.73. The summed E-state index contributed by atoms with van der Waals surface area (Å²) in [7, 11) is 0. The summed E-state index contributed by atoms with van der Waals surface area (Å²) in [6, 6.07) is 3.97. The Morgan fingerprint density at radius 2 is 1.95 bits per heavy atom. The molecule has 1 aliphatic rings. The second-order valence-electron chi connectivity index (χ2n) is 5.73. The van der Waals surface area contributed by atoms with Gasteiger partial charge in [0.2, 0.25) is 0 Å². The summed E-state index contributed by atoms with van der Waals surface area (Å²) in [5.74, 6) is 1.32. The molecule has 0 amide bonds. The van der Waals surface area contributed by atoms with Gasteiger partial charge in [-0.15, -0.1) is 0 Å². The van der Waals surface area contributed by atoms with Gasteiger partial charge < -0.3 is 14.7 Å². The van der Waals surface area contributed by atoms with Crippen molar-refractivity contribution < 1.29 is 9.84 Å². The summed E-state index contributed by atoms with van der Waals surface area (Å²) in [6.45, 7) is 10.2. The third kappa shape index (κ3) is 3.45. The minimum Gasteiger partial charge on any atom is -0.392 e. The molecule has 4 nitrogen and oxygen atoms in total. The highest BCUT2D eigenvalue weighted by atomic mass is 16.5. The number of aliphatic hydroxyl groups is 1. The molecule has 2 atom stereocenters. The largest absolute Gasteiger partial charge is 0.392 e. The lowest BCUT2D eigenvalue weighted by atomic mass is 10.1. The van der Waals surface area contributed by atoms with Gasteiger partial charge in [-0.3, -0.25) is 0 Å². The normalized spacial score (nSPS) is 24.0. The van der Waals surface area contributed by atoms with Crippen molar-refractivity contribution in [3.63, 3.8) is 0 Å². The Morgan fingerprint density at radius 1 is 1.32 bits per heavy atom. The van der Waals surface area contributed by atoms with Crippen molar-refractivity contribution in [1.82, 2.24) is 4.98 Å². The van der Waals surface area contributed by atoms with Crippen molar-refractivity contribution in [2.24, 2.45) is 0 Å². The monoisotopic (exact) mass is 264 g/mol. The lowest BCUT2D eigenvalue weighted by molar-refractivity contribution is -0.00547. The lowest BCUT2D eigenvalue weighted by Gasteiger charge is -2.36. The molecule has 19 heavy (non-hydrogen) atoms. The lowest BCUT2D eigenvalue weighted by Crippen LogP contribution is -2.46. The van der Waals surface area contributed by atoms with Gasteiger partial charge in [0.1, 0.15) is 5.82 Å². The van der Waals surface area contributed by atoms with Gasteiger partial charge in [0.25, 0.3) is 0 Å². The van der Waals surface area contributed by atoms with E-state index in [-0.39, 0.29) is 18.8 Å². The van der Waals surface area contributed by atoms with E-state index in [2.05, 4.69) is 32.6 Å². The standard InChI is InChI=1S/C15H24N2O2/c1-10(2)14-5-13(9-18)6-15(16-14)17-7-11(3)19-12(4)8-17/h5-6,10-12,18H,7-9H2,1-4H3/t11-,12+. The molecule has 0 unspecified atom stereocenters. The summed E-state index contributed by atoms with van der Waals surface area (Å²) in [5.41, 5.74) is 1.97. The first kappa shape index (κ1) is 14.3. The number of rotatable bonds is 3. The number of aromatic nitrogens is 1. The quantitative estimate of drug-likeness (QED) is 0.910. The molecule has 0 bridgehead atoms. The summed E-state index contributed by atoms with van der Waals surface area (Å²) >= 11 is 0. The molecule has 0 spiro atoms. The summed E-state index contributed by atoms with van der Waals surface area (Å²) < 4.78 is 5.75.